The van der Waals surface area contributed by atoms with Crippen molar-refractivity contribution in [1.82, 2.24) is 5.32 Å². The maximum absolute atomic E-state index is 12.6. The molecule has 2 aromatic carbocycles. The van der Waals surface area contributed by atoms with Crippen LogP contribution in [0.25, 0.3) is 0 Å². The lowest BCUT2D eigenvalue weighted by Crippen LogP contribution is -2.32. The summed E-state index contributed by atoms with van der Waals surface area (Å²) in [7, 11) is 0. The first kappa shape index (κ1) is 21.8. The van der Waals surface area contributed by atoms with Gasteiger partial charge in [-0.3, -0.25) is 9.59 Å². The van der Waals surface area contributed by atoms with Gasteiger partial charge in [0.2, 0.25) is 11.8 Å². The summed E-state index contributed by atoms with van der Waals surface area (Å²) in [4.78, 5) is 26.6. The van der Waals surface area contributed by atoms with Crippen molar-refractivity contribution < 1.29 is 37.0 Å². The SMILES string of the molecule is O=C(NCc1ccc(OCC(F)(F)F)cc1)C1CC(=O)N(c2ccc3c(c2)OCCO3)C1. The number of alkyl halides is 3. The molecule has 1 atom stereocenters. The summed E-state index contributed by atoms with van der Waals surface area (Å²) < 4.78 is 52.3. The summed E-state index contributed by atoms with van der Waals surface area (Å²) in [6, 6.07) is 11.2. The van der Waals surface area contributed by atoms with Gasteiger partial charge >= 0.3 is 6.18 Å². The molecule has 0 aliphatic carbocycles. The number of fused-ring (bicyclic) bond motifs is 1. The molecule has 0 spiro atoms. The number of anilines is 1. The van der Waals surface area contributed by atoms with Gasteiger partial charge in [0.1, 0.15) is 19.0 Å². The van der Waals surface area contributed by atoms with Gasteiger partial charge in [0.15, 0.2) is 18.1 Å². The number of nitrogens with zero attached hydrogens (tertiary/aromatic N) is 1. The lowest BCUT2D eigenvalue weighted by molar-refractivity contribution is -0.153. The number of nitrogens with one attached hydrogen (secondary N) is 1. The third kappa shape index (κ3) is 5.24. The molecule has 1 unspecified atom stereocenters. The summed E-state index contributed by atoms with van der Waals surface area (Å²) in [5, 5.41) is 2.78. The van der Waals surface area contributed by atoms with Crippen LogP contribution in [0, 0.1) is 5.92 Å². The second-order valence-electron chi connectivity index (χ2n) is 7.50. The third-order valence-electron chi connectivity index (χ3n) is 5.13. The van der Waals surface area contributed by atoms with Gasteiger partial charge in [-0.25, -0.2) is 0 Å². The topological polar surface area (TPSA) is 77.1 Å². The van der Waals surface area contributed by atoms with Crippen LogP contribution in [0.15, 0.2) is 42.5 Å². The average Bonchev–Trinajstić information content (AvgIpc) is 3.17. The van der Waals surface area contributed by atoms with E-state index >= 15 is 0 Å². The molecule has 2 aliphatic heterocycles. The van der Waals surface area contributed by atoms with E-state index in [1.807, 2.05) is 0 Å². The zero-order valence-electron chi connectivity index (χ0n) is 17.0. The number of amides is 2. The Kier molecular flexibility index (Phi) is 6.11. The van der Waals surface area contributed by atoms with Crippen LogP contribution in [0.4, 0.5) is 18.9 Å². The number of benzene rings is 2. The molecule has 170 valence electrons. The van der Waals surface area contributed by atoms with Crippen molar-refractivity contribution in [2.75, 3.05) is 31.3 Å². The van der Waals surface area contributed by atoms with Gasteiger partial charge in [0, 0.05) is 31.3 Å². The molecule has 10 heteroatoms. The molecule has 2 amide bonds. The fourth-order valence-corrected chi connectivity index (χ4v) is 3.53. The molecule has 0 saturated carbocycles. The van der Waals surface area contributed by atoms with Crippen molar-refractivity contribution in [1.29, 1.82) is 0 Å². The highest BCUT2D eigenvalue weighted by molar-refractivity contribution is 6.00. The molecule has 4 rings (SSSR count). The first-order chi connectivity index (χ1) is 15.3. The number of carbonyl (C=O) groups excluding carboxylic acids is 2. The molecule has 0 radical (unpaired) electrons. The normalized spacial score (nSPS) is 17.9. The lowest BCUT2D eigenvalue weighted by atomic mass is 10.1. The molecule has 2 aromatic rings. The van der Waals surface area contributed by atoms with Crippen molar-refractivity contribution in [2.45, 2.75) is 19.1 Å². The predicted molar refractivity (Wildman–Crippen MR) is 108 cm³/mol. The maximum atomic E-state index is 12.6. The fourth-order valence-electron chi connectivity index (χ4n) is 3.53. The van der Waals surface area contributed by atoms with Crippen LogP contribution in [0.1, 0.15) is 12.0 Å². The van der Waals surface area contributed by atoms with E-state index in [0.29, 0.717) is 36.0 Å². The standard InChI is InChI=1S/C22H21F3N2O5/c23-22(24,25)13-32-17-4-1-14(2-5-17)11-26-21(29)15-9-20(28)27(12-15)16-3-6-18-19(10-16)31-8-7-30-18/h1-6,10,15H,7-9,11-13H2,(H,26,29). The summed E-state index contributed by atoms with van der Waals surface area (Å²) in [6.07, 6.45) is -4.32. The Bertz CT molecular complexity index is 994. The zero-order valence-corrected chi connectivity index (χ0v) is 17.0. The molecule has 0 bridgehead atoms. The smallest absolute Gasteiger partial charge is 0.422 e. The number of hydrogen-bond acceptors (Lipinski definition) is 5. The fraction of sp³-hybridized carbons (Fsp3) is 0.364. The van der Waals surface area contributed by atoms with Crippen molar-refractivity contribution in [3.63, 3.8) is 0 Å². The Labute approximate surface area is 182 Å². The Morgan fingerprint density at radius 3 is 2.53 bits per heavy atom. The van der Waals surface area contributed by atoms with Gasteiger partial charge in [0.25, 0.3) is 0 Å². The third-order valence-corrected chi connectivity index (χ3v) is 5.13. The molecule has 1 N–H and O–H groups in total. The largest absolute Gasteiger partial charge is 0.486 e. The van der Waals surface area contributed by atoms with Gasteiger partial charge in [-0.1, -0.05) is 12.1 Å². The van der Waals surface area contributed by atoms with Crippen LogP contribution in [-0.2, 0) is 16.1 Å². The van der Waals surface area contributed by atoms with Gasteiger partial charge in [-0.15, -0.1) is 0 Å². The first-order valence-electron chi connectivity index (χ1n) is 10.0. The maximum Gasteiger partial charge on any atom is 0.422 e. The molecule has 7 nitrogen and oxygen atoms in total. The number of halogens is 3. The Balaban J connectivity index is 1.30. The number of carbonyl (C=O) groups is 2. The van der Waals surface area contributed by atoms with Gasteiger partial charge in [0.05, 0.1) is 5.92 Å². The minimum Gasteiger partial charge on any atom is -0.486 e. The van der Waals surface area contributed by atoms with Crippen LogP contribution in [0.2, 0.25) is 0 Å². The first-order valence-corrected chi connectivity index (χ1v) is 10.0. The summed E-state index contributed by atoms with van der Waals surface area (Å²) in [5.74, 6) is 0.343. The van der Waals surface area contributed by atoms with E-state index in [9.17, 15) is 22.8 Å². The van der Waals surface area contributed by atoms with Crippen molar-refractivity contribution in [3.8, 4) is 17.2 Å². The molecule has 1 saturated heterocycles. The minimum absolute atomic E-state index is 0.0878. The van der Waals surface area contributed by atoms with Crippen molar-refractivity contribution >= 4 is 17.5 Å². The average molecular weight is 450 g/mol. The van der Waals surface area contributed by atoms with E-state index in [2.05, 4.69) is 10.1 Å². The van der Waals surface area contributed by atoms with E-state index in [1.165, 1.54) is 12.1 Å². The van der Waals surface area contributed by atoms with Crippen LogP contribution in [-0.4, -0.2) is 44.4 Å². The number of ether oxygens (including phenoxy) is 3. The Hall–Kier alpha value is -3.43. The van der Waals surface area contributed by atoms with E-state index in [4.69, 9.17) is 9.47 Å². The Morgan fingerprint density at radius 1 is 1.09 bits per heavy atom. The van der Waals surface area contributed by atoms with Crippen LogP contribution < -0.4 is 24.4 Å². The minimum atomic E-state index is -4.40. The molecule has 1 fully saturated rings. The van der Waals surface area contributed by atoms with E-state index in [-0.39, 0.29) is 37.1 Å². The lowest BCUT2D eigenvalue weighted by Gasteiger charge is -2.22. The Morgan fingerprint density at radius 2 is 1.81 bits per heavy atom. The van der Waals surface area contributed by atoms with E-state index < -0.39 is 18.7 Å². The van der Waals surface area contributed by atoms with Crippen molar-refractivity contribution in [3.05, 3.63) is 48.0 Å². The molecule has 0 aromatic heterocycles. The highest BCUT2D eigenvalue weighted by Crippen LogP contribution is 2.36. The summed E-state index contributed by atoms with van der Waals surface area (Å²) in [5.41, 5.74) is 1.34. The molecule has 2 heterocycles. The van der Waals surface area contributed by atoms with Crippen LogP contribution in [0.3, 0.4) is 0 Å². The summed E-state index contributed by atoms with van der Waals surface area (Å²) >= 11 is 0. The zero-order chi connectivity index (χ0) is 22.7. The van der Waals surface area contributed by atoms with E-state index in [0.717, 1.165) is 0 Å². The van der Waals surface area contributed by atoms with Gasteiger partial charge in [-0.05, 0) is 29.8 Å². The quantitative estimate of drug-likeness (QED) is 0.732. The molecule has 2 aliphatic rings. The second-order valence-corrected chi connectivity index (χ2v) is 7.50. The highest BCUT2D eigenvalue weighted by atomic mass is 19.4. The van der Waals surface area contributed by atoms with E-state index in [1.54, 1.807) is 35.2 Å². The summed E-state index contributed by atoms with van der Waals surface area (Å²) in [6.45, 7) is -0.0221. The predicted octanol–water partition coefficient (Wildman–Crippen LogP) is 3.07. The molecule has 32 heavy (non-hydrogen) atoms. The van der Waals surface area contributed by atoms with Crippen molar-refractivity contribution in [2.24, 2.45) is 5.92 Å². The van der Waals surface area contributed by atoms with Crippen LogP contribution >= 0.6 is 0 Å². The molecular formula is C22H21F3N2O5. The number of rotatable bonds is 6. The molecular weight excluding hydrogens is 429 g/mol. The second kappa shape index (κ2) is 8.97. The highest BCUT2D eigenvalue weighted by Gasteiger charge is 2.35. The monoisotopic (exact) mass is 450 g/mol. The van der Waals surface area contributed by atoms with Gasteiger partial charge in [-0.2, -0.15) is 13.2 Å². The van der Waals surface area contributed by atoms with Crippen LogP contribution in [0.5, 0.6) is 17.2 Å². The van der Waals surface area contributed by atoms with Gasteiger partial charge < -0.3 is 24.4 Å². The number of hydrogen-bond donors (Lipinski definition) is 1.